The number of thioether (sulfide) groups is 1. The van der Waals surface area contributed by atoms with E-state index < -0.39 is 34.2 Å². The van der Waals surface area contributed by atoms with Gasteiger partial charge in [0.05, 0.1) is 5.04 Å². The summed E-state index contributed by atoms with van der Waals surface area (Å²) in [5.74, 6) is -6.59. The fourth-order valence-electron chi connectivity index (χ4n) is 3.07. The van der Waals surface area contributed by atoms with Gasteiger partial charge in [0.1, 0.15) is 10.4 Å². The van der Waals surface area contributed by atoms with Gasteiger partial charge in [-0.1, -0.05) is 29.2 Å². The molecule has 12 heteroatoms. The molecule has 2 aromatic carbocycles. The van der Waals surface area contributed by atoms with Crippen molar-refractivity contribution in [2.75, 3.05) is 5.32 Å². The molecule has 1 N–H and O–H groups in total. The van der Waals surface area contributed by atoms with Crippen molar-refractivity contribution in [2.45, 2.75) is 33.1 Å². The molecule has 1 aliphatic rings. The Kier molecular flexibility index (Phi) is 6.39. The highest BCUT2D eigenvalue weighted by Gasteiger charge is 2.35. The highest BCUT2D eigenvalue weighted by Crippen LogP contribution is 2.42. The lowest BCUT2D eigenvalue weighted by Crippen LogP contribution is -2.33. The minimum atomic E-state index is -1.88. The molecule has 1 aromatic heterocycles. The Balaban J connectivity index is 1.81. The van der Waals surface area contributed by atoms with Crippen LogP contribution in [-0.2, 0) is 0 Å². The highest BCUT2D eigenvalue weighted by molar-refractivity contribution is 8.14. The number of anilines is 1. The van der Waals surface area contributed by atoms with Crippen LogP contribution >= 0.6 is 23.1 Å². The molecule has 2 heterocycles. The fraction of sp³-hybridized carbons (Fsp3) is 0.238. The third kappa shape index (κ3) is 4.71. The highest BCUT2D eigenvalue weighted by atomic mass is 32.2. The van der Waals surface area contributed by atoms with Gasteiger partial charge in [0.25, 0.3) is 0 Å². The van der Waals surface area contributed by atoms with E-state index in [9.17, 15) is 17.6 Å². The number of hydrazone groups is 1. The monoisotopic (exact) mass is 494 g/mol. The Labute approximate surface area is 195 Å². The van der Waals surface area contributed by atoms with Crippen molar-refractivity contribution in [3.8, 4) is 0 Å². The lowest BCUT2D eigenvalue weighted by atomic mass is 10.1. The quantitative estimate of drug-likeness (QED) is 0.154. The molecule has 1 unspecified atom stereocenters. The number of halogens is 4. The lowest BCUT2D eigenvalue weighted by Gasteiger charge is -2.25. The molecule has 3 aromatic rings. The van der Waals surface area contributed by atoms with Crippen molar-refractivity contribution in [1.29, 1.82) is 0 Å². The zero-order chi connectivity index (χ0) is 23.9. The van der Waals surface area contributed by atoms with Crippen molar-refractivity contribution < 1.29 is 17.6 Å². The number of hydrogen-bond acceptors (Lipinski definition) is 6. The van der Waals surface area contributed by atoms with Crippen LogP contribution in [0.2, 0.25) is 0 Å². The van der Waals surface area contributed by atoms with E-state index in [1.54, 1.807) is 13.8 Å². The van der Waals surface area contributed by atoms with Gasteiger partial charge in [-0.25, -0.2) is 22.6 Å². The Morgan fingerprint density at radius 1 is 0.970 bits per heavy atom. The molecule has 0 saturated carbocycles. The molecule has 6 nitrogen and oxygen atoms in total. The molecule has 0 fully saturated rings. The van der Waals surface area contributed by atoms with Crippen LogP contribution < -0.4 is 5.32 Å². The average molecular weight is 495 g/mol. The molecule has 0 bridgehead atoms. The lowest BCUT2D eigenvalue weighted by molar-refractivity contribution is 0.380. The van der Waals surface area contributed by atoms with Gasteiger partial charge in [-0.15, -0.1) is 10.2 Å². The smallest absolute Gasteiger partial charge is 0.234 e. The standard InChI is InChI=1S/C21H18F4N6S2/c1-9-5-6-13(7-10(9)2)26-20(27-21-29-28-11(3)33-21)31-19(32-12(4)30-31)14-8-15(22)17(24)18(25)16(14)23/h5-8,19H,1-4H3,(H,26,27,29). The van der Waals surface area contributed by atoms with Gasteiger partial charge in [0, 0.05) is 11.3 Å². The van der Waals surface area contributed by atoms with Crippen LogP contribution in [0, 0.1) is 44.0 Å². The zero-order valence-electron chi connectivity index (χ0n) is 18.0. The van der Waals surface area contributed by atoms with Gasteiger partial charge in [-0.05, 0) is 57.0 Å². The maximum Gasteiger partial charge on any atom is 0.234 e. The number of aliphatic imine (C=N–C) groups is 1. The zero-order valence-corrected chi connectivity index (χ0v) is 19.6. The summed E-state index contributed by atoms with van der Waals surface area (Å²) >= 11 is 2.27. The Morgan fingerprint density at radius 3 is 2.39 bits per heavy atom. The molecule has 172 valence electrons. The Hall–Kier alpha value is -2.99. The van der Waals surface area contributed by atoms with Gasteiger partial charge < -0.3 is 5.32 Å². The molecule has 4 rings (SSSR count). The van der Waals surface area contributed by atoms with Crippen LogP contribution in [0.15, 0.2) is 34.4 Å². The second-order valence-electron chi connectivity index (χ2n) is 7.29. The maximum absolute atomic E-state index is 14.7. The summed E-state index contributed by atoms with van der Waals surface area (Å²) in [5, 5.41) is 17.2. The Bertz CT molecular complexity index is 1290. The average Bonchev–Trinajstić information content (AvgIpc) is 3.36. The van der Waals surface area contributed by atoms with Crippen LogP contribution in [0.1, 0.15) is 34.0 Å². The summed E-state index contributed by atoms with van der Waals surface area (Å²) in [4.78, 5) is 4.48. The van der Waals surface area contributed by atoms with Crippen molar-refractivity contribution in [3.63, 3.8) is 0 Å². The summed E-state index contributed by atoms with van der Waals surface area (Å²) in [6.07, 6.45) is 0. The largest absolute Gasteiger partial charge is 0.324 e. The van der Waals surface area contributed by atoms with Crippen molar-refractivity contribution in [3.05, 3.63) is 69.2 Å². The van der Waals surface area contributed by atoms with Crippen LogP contribution in [0.25, 0.3) is 0 Å². The molecule has 33 heavy (non-hydrogen) atoms. The van der Waals surface area contributed by atoms with Gasteiger partial charge in [-0.2, -0.15) is 10.1 Å². The van der Waals surface area contributed by atoms with E-state index in [0.717, 1.165) is 22.9 Å². The van der Waals surface area contributed by atoms with Crippen LogP contribution in [0.4, 0.5) is 28.4 Å². The van der Waals surface area contributed by atoms with Crippen LogP contribution in [0.5, 0.6) is 0 Å². The van der Waals surface area contributed by atoms with Gasteiger partial charge in [-0.3, -0.25) is 0 Å². The molecule has 0 saturated heterocycles. The normalized spacial score (nSPS) is 16.4. The number of benzene rings is 2. The first-order valence-corrected chi connectivity index (χ1v) is 11.4. The summed E-state index contributed by atoms with van der Waals surface area (Å²) in [7, 11) is 0. The van der Waals surface area contributed by atoms with Crippen molar-refractivity contribution in [1.82, 2.24) is 15.2 Å². The molecule has 0 radical (unpaired) electrons. The van der Waals surface area contributed by atoms with Crippen molar-refractivity contribution >= 4 is 44.9 Å². The molecule has 0 amide bonds. The molecule has 1 atom stereocenters. The maximum atomic E-state index is 14.7. The predicted octanol–water partition coefficient (Wildman–Crippen LogP) is 6.20. The number of guanidine groups is 1. The van der Waals surface area contributed by atoms with E-state index in [1.165, 1.54) is 16.3 Å². The predicted molar refractivity (Wildman–Crippen MR) is 123 cm³/mol. The second-order valence-corrected chi connectivity index (χ2v) is 9.72. The van der Waals surface area contributed by atoms with E-state index in [4.69, 9.17) is 0 Å². The molecular weight excluding hydrogens is 476 g/mol. The summed E-state index contributed by atoms with van der Waals surface area (Å²) in [6.45, 7) is 7.35. The molecule has 1 aliphatic heterocycles. The molecule has 0 spiro atoms. The first-order valence-electron chi connectivity index (χ1n) is 9.71. The molecular formula is C21H18F4N6S2. The summed E-state index contributed by atoms with van der Waals surface area (Å²) in [6, 6.07) is 6.27. The van der Waals surface area contributed by atoms with Crippen LogP contribution in [-0.4, -0.2) is 26.2 Å². The van der Waals surface area contributed by atoms with Crippen molar-refractivity contribution in [2.24, 2.45) is 10.1 Å². The fourth-order valence-corrected chi connectivity index (χ4v) is 4.63. The minimum absolute atomic E-state index is 0.133. The topological polar surface area (TPSA) is 65.8 Å². The van der Waals surface area contributed by atoms with E-state index in [-0.39, 0.29) is 5.96 Å². The number of aryl methyl sites for hydroxylation is 3. The third-order valence-corrected chi connectivity index (χ3v) is 6.68. The third-order valence-electron chi connectivity index (χ3n) is 4.85. The van der Waals surface area contributed by atoms with Gasteiger partial charge >= 0.3 is 0 Å². The molecule has 0 aliphatic carbocycles. The van der Waals surface area contributed by atoms with Gasteiger partial charge in [0.15, 0.2) is 23.3 Å². The number of nitrogens with zero attached hydrogens (tertiary/aromatic N) is 5. The number of rotatable bonds is 3. The van der Waals surface area contributed by atoms with Gasteiger partial charge in [0.2, 0.25) is 11.1 Å². The second kappa shape index (κ2) is 9.10. The Morgan fingerprint density at radius 2 is 1.73 bits per heavy atom. The van der Waals surface area contributed by atoms with E-state index in [2.05, 4.69) is 25.6 Å². The summed E-state index contributed by atoms with van der Waals surface area (Å²) < 4.78 is 56.2. The number of aromatic nitrogens is 2. The SMILES string of the molecule is CC1=NN(/C(=N/c2nnc(C)s2)Nc2ccc(C)c(C)c2)C(c2cc(F)c(F)c(F)c2F)S1. The number of hydrogen-bond donors (Lipinski definition) is 1. The minimum Gasteiger partial charge on any atom is -0.324 e. The first kappa shape index (κ1) is 23.2. The first-order chi connectivity index (χ1) is 15.6. The van der Waals surface area contributed by atoms with E-state index in [0.29, 0.717) is 26.9 Å². The van der Waals surface area contributed by atoms with E-state index >= 15 is 0 Å². The van der Waals surface area contributed by atoms with E-state index in [1.807, 2.05) is 32.0 Å². The number of nitrogens with one attached hydrogen (secondary N) is 1. The van der Waals surface area contributed by atoms with Crippen LogP contribution in [0.3, 0.4) is 0 Å². The summed E-state index contributed by atoms with van der Waals surface area (Å²) in [5.41, 5.74) is 2.37.